The molecule has 0 bridgehead atoms. The molecule has 1 aliphatic heterocycles. The summed E-state index contributed by atoms with van der Waals surface area (Å²) < 4.78 is 10.3. The number of rotatable bonds is 1. The van der Waals surface area contributed by atoms with Crippen molar-refractivity contribution in [3.05, 3.63) is 23.7 Å². The summed E-state index contributed by atoms with van der Waals surface area (Å²) in [6.45, 7) is 4.41. The van der Waals surface area contributed by atoms with Crippen molar-refractivity contribution in [3.63, 3.8) is 0 Å². The summed E-state index contributed by atoms with van der Waals surface area (Å²) in [5, 5.41) is 0. The quantitative estimate of drug-likeness (QED) is 0.673. The Morgan fingerprint density at radius 2 is 2.14 bits per heavy atom. The number of ether oxygens (including phenoxy) is 1. The number of furan rings is 1. The molecular weight excluding hydrogens is 182 g/mol. The lowest BCUT2D eigenvalue weighted by molar-refractivity contribution is 0.0282. The highest BCUT2D eigenvalue weighted by Gasteiger charge is 2.22. The van der Waals surface area contributed by atoms with Crippen molar-refractivity contribution in [2.24, 2.45) is 0 Å². The minimum absolute atomic E-state index is 0.0317. The van der Waals surface area contributed by atoms with Gasteiger partial charge in [-0.3, -0.25) is 4.79 Å². The SMILES string of the molecule is Cc1ccoc1C(=O)N1CCOCC1. The van der Waals surface area contributed by atoms with E-state index >= 15 is 0 Å². The van der Waals surface area contributed by atoms with Crippen molar-refractivity contribution in [3.8, 4) is 0 Å². The lowest BCUT2D eigenvalue weighted by Gasteiger charge is -2.26. The molecule has 1 aromatic heterocycles. The predicted molar refractivity (Wildman–Crippen MR) is 50.2 cm³/mol. The lowest BCUT2D eigenvalue weighted by Crippen LogP contribution is -2.40. The third-order valence-electron chi connectivity index (χ3n) is 2.35. The van der Waals surface area contributed by atoms with Crippen LogP contribution in [-0.4, -0.2) is 37.1 Å². The number of hydrogen-bond donors (Lipinski definition) is 0. The molecule has 1 amide bonds. The number of morpholine rings is 1. The van der Waals surface area contributed by atoms with E-state index in [9.17, 15) is 4.79 Å². The average molecular weight is 195 g/mol. The maximum atomic E-state index is 11.9. The second-order valence-corrected chi connectivity index (χ2v) is 3.34. The lowest BCUT2D eigenvalue weighted by atomic mass is 10.2. The zero-order chi connectivity index (χ0) is 9.97. The second-order valence-electron chi connectivity index (χ2n) is 3.34. The number of carbonyl (C=O) groups is 1. The third-order valence-corrected chi connectivity index (χ3v) is 2.35. The molecule has 0 spiro atoms. The Labute approximate surface area is 82.4 Å². The first kappa shape index (κ1) is 9.27. The first-order valence-corrected chi connectivity index (χ1v) is 4.70. The summed E-state index contributed by atoms with van der Waals surface area (Å²) in [5.74, 6) is 0.419. The number of nitrogens with zero attached hydrogens (tertiary/aromatic N) is 1. The molecule has 0 unspecified atom stereocenters. The fourth-order valence-electron chi connectivity index (χ4n) is 1.50. The molecule has 1 saturated heterocycles. The summed E-state index contributed by atoms with van der Waals surface area (Å²) in [4.78, 5) is 13.6. The average Bonchev–Trinajstić information content (AvgIpc) is 2.65. The minimum atomic E-state index is -0.0317. The molecule has 0 atom stereocenters. The van der Waals surface area contributed by atoms with E-state index in [2.05, 4.69) is 0 Å². The molecule has 1 aromatic rings. The highest BCUT2D eigenvalue weighted by Crippen LogP contribution is 2.12. The molecule has 4 heteroatoms. The molecule has 0 N–H and O–H groups in total. The van der Waals surface area contributed by atoms with Gasteiger partial charge in [0, 0.05) is 18.7 Å². The molecule has 0 radical (unpaired) electrons. The molecule has 4 nitrogen and oxygen atoms in total. The van der Waals surface area contributed by atoms with Gasteiger partial charge in [-0.2, -0.15) is 0 Å². The zero-order valence-corrected chi connectivity index (χ0v) is 8.16. The molecule has 0 saturated carbocycles. The number of aryl methyl sites for hydroxylation is 1. The van der Waals surface area contributed by atoms with E-state index in [0.717, 1.165) is 5.56 Å². The van der Waals surface area contributed by atoms with Crippen LogP contribution in [0, 0.1) is 6.92 Å². The van der Waals surface area contributed by atoms with E-state index < -0.39 is 0 Å². The van der Waals surface area contributed by atoms with Crippen LogP contribution in [0.1, 0.15) is 16.1 Å². The maximum Gasteiger partial charge on any atom is 0.289 e. The van der Waals surface area contributed by atoms with Gasteiger partial charge in [0.25, 0.3) is 5.91 Å². The van der Waals surface area contributed by atoms with Crippen molar-refractivity contribution in [1.82, 2.24) is 4.90 Å². The number of carbonyl (C=O) groups excluding carboxylic acids is 1. The highest BCUT2D eigenvalue weighted by molar-refractivity contribution is 5.92. The van der Waals surface area contributed by atoms with Crippen LogP contribution in [0.15, 0.2) is 16.7 Å². The Hall–Kier alpha value is -1.29. The zero-order valence-electron chi connectivity index (χ0n) is 8.16. The van der Waals surface area contributed by atoms with E-state index in [1.807, 2.05) is 6.92 Å². The monoisotopic (exact) mass is 195 g/mol. The van der Waals surface area contributed by atoms with Crippen molar-refractivity contribution in [2.75, 3.05) is 26.3 Å². The molecule has 2 rings (SSSR count). The van der Waals surface area contributed by atoms with Crippen molar-refractivity contribution < 1.29 is 13.9 Å². The standard InChI is InChI=1S/C10H13NO3/c1-8-2-5-14-9(8)10(12)11-3-6-13-7-4-11/h2,5H,3-4,6-7H2,1H3. The summed E-state index contributed by atoms with van der Waals surface area (Å²) in [6.07, 6.45) is 1.54. The Balaban J connectivity index is 2.11. The fourth-order valence-corrected chi connectivity index (χ4v) is 1.50. The van der Waals surface area contributed by atoms with Gasteiger partial charge in [-0.25, -0.2) is 0 Å². The van der Waals surface area contributed by atoms with E-state index in [4.69, 9.17) is 9.15 Å². The van der Waals surface area contributed by atoms with Crippen LogP contribution in [0.4, 0.5) is 0 Å². The molecule has 76 valence electrons. The topological polar surface area (TPSA) is 42.7 Å². The smallest absolute Gasteiger partial charge is 0.289 e. The van der Waals surface area contributed by atoms with Gasteiger partial charge in [0.15, 0.2) is 5.76 Å². The molecule has 0 aromatic carbocycles. The summed E-state index contributed by atoms with van der Waals surface area (Å²) in [5.41, 5.74) is 0.890. The Kier molecular flexibility index (Phi) is 2.54. The van der Waals surface area contributed by atoms with Gasteiger partial charge in [0.05, 0.1) is 19.5 Å². The van der Waals surface area contributed by atoms with Crippen LogP contribution in [0.3, 0.4) is 0 Å². The van der Waals surface area contributed by atoms with Crippen molar-refractivity contribution in [2.45, 2.75) is 6.92 Å². The molecule has 2 heterocycles. The first-order chi connectivity index (χ1) is 6.79. The molecule has 1 aliphatic rings. The largest absolute Gasteiger partial charge is 0.459 e. The van der Waals surface area contributed by atoms with Gasteiger partial charge in [-0.15, -0.1) is 0 Å². The summed E-state index contributed by atoms with van der Waals surface area (Å²) >= 11 is 0. The van der Waals surface area contributed by atoms with E-state index in [-0.39, 0.29) is 5.91 Å². The van der Waals surface area contributed by atoms with Crippen LogP contribution < -0.4 is 0 Å². The van der Waals surface area contributed by atoms with E-state index in [0.29, 0.717) is 32.1 Å². The van der Waals surface area contributed by atoms with Crippen molar-refractivity contribution in [1.29, 1.82) is 0 Å². The van der Waals surface area contributed by atoms with Crippen LogP contribution in [0.2, 0.25) is 0 Å². The summed E-state index contributed by atoms with van der Waals surface area (Å²) in [6, 6.07) is 1.80. The minimum Gasteiger partial charge on any atom is -0.459 e. The van der Waals surface area contributed by atoms with Crippen LogP contribution in [0.5, 0.6) is 0 Å². The van der Waals surface area contributed by atoms with Crippen LogP contribution in [0.25, 0.3) is 0 Å². The van der Waals surface area contributed by atoms with Gasteiger partial charge in [-0.05, 0) is 13.0 Å². The van der Waals surface area contributed by atoms with Crippen LogP contribution in [-0.2, 0) is 4.74 Å². The Morgan fingerprint density at radius 3 is 2.71 bits per heavy atom. The molecule has 1 fully saturated rings. The number of amides is 1. The fraction of sp³-hybridized carbons (Fsp3) is 0.500. The normalized spacial score (nSPS) is 17.1. The first-order valence-electron chi connectivity index (χ1n) is 4.70. The van der Waals surface area contributed by atoms with Gasteiger partial charge >= 0.3 is 0 Å². The van der Waals surface area contributed by atoms with Gasteiger partial charge in [0.1, 0.15) is 0 Å². The van der Waals surface area contributed by atoms with Gasteiger partial charge in [-0.1, -0.05) is 0 Å². The van der Waals surface area contributed by atoms with Gasteiger partial charge < -0.3 is 14.1 Å². The molecule has 14 heavy (non-hydrogen) atoms. The predicted octanol–water partition coefficient (Wildman–Crippen LogP) is 1.06. The Bertz CT molecular complexity index is 326. The molecular formula is C10H13NO3. The van der Waals surface area contributed by atoms with Crippen LogP contribution >= 0.6 is 0 Å². The highest BCUT2D eigenvalue weighted by atomic mass is 16.5. The van der Waals surface area contributed by atoms with E-state index in [1.54, 1.807) is 17.2 Å². The number of hydrogen-bond acceptors (Lipinski definition) is 3. The third kappa shape index (κ3) is 1.65. The summed E-state index contributed by atoms with van der Waals surface area (Å²) in [7, 11) is 0. The van der Waals surface area contributed by atoms with Gasteiger partial charge in [0.2, 0.25) is 0 Å². The van der Waals surface area contributed by atoms with Crippen molar-refractivity contribution >= 4 is 5.91 Å². The van der Waals surface area contributed by atoms with E-state index in [1.165, 1.54) is 0 Å². The Morgan fingerprint density at radius 1 is 1.43 bits per heavy atom. The second kappa shape index (κ2) is 3.84. The molecule has 0 aliphatic carbocycles. The maximum absolute atomic E-state index is 11.9.